The van der Waals surface area contributed by atoms with Gasteiger partial charge in [0.25, 0.3) is 0 Å². The van der Waals surface area contributed by atoms with E-state index in [1.54, 1.807) is 0 Å². The van der Waals surface area contributed by atoms with Gasteiger partial charge in [-0.15, -0.1) is 0 Å². The molecular weight excluding hydrogens is 180 g/mol. The fourth-order valence-electron chi connectivity index (χ4n) is 1.78. The van der Waals surface area contributed by atoms with E-state index < -0.39 is 0 Å². The zero-order valence-electron chi connectivity index (χ0n) is 7.91. The van der Waals surface area contributed by atoms with Gasteiger partial charge in [-0.2, -0.15) is 11.8 Å². The summed E-state index contributed by atoms with van der Waals surface area (Å²) in [4.78, 5) is 4.41. The second-order valence-corrected chi connectivity index (χ2v) is 4.96. The SMILES string of the molecule is [CH](CC1N=CCCN1)C1CCCS1. The van der Waals surface area contributed by atoms with E-state index in [4.69, 9.17) is 0 Å². The molecule has 3 heteroatoms. The number of rotatable bonds is 3. The number of nitrogens with one attached hydrogen (secondary N) is 1. The molecule has 0 aromatic heterocycles. The van der Waals surface area contributed by atoms with Gasteiger partial charge in [-0.3, -0.25) is 10.3 Å². The van der Waals surface area contributed by atoms with Crippen LogP contribution in [0.2, 0.25) is 0 Å². The van der Waals surface area contributed by atoms with E-state index in [0.29, 0.717) is 6.17 Å². The zero-order valence-corrected chi connectivity index (χ0v) is 8.72. The summed E-state index contributed by atoms with van der Waals surface area (Å²) in [6.07, 6.45) is 9.83. The summed E-state index contributed by atoms with van der Waals surface area (Å²) in [7, 11) is 0. The second kappa shape index (κ2) is 5.01. The van der Waals surface area contributed by atoms with Crippen molar-refractivity contribution in [2.75, 3.05) is 12.3 Å². The molecule has 0 bridgehead atoms. The van der Waals surface area contributed by atoms with E-state index in [-0.39, 0.29) is 0 Å². The smallest absolute Gasteiger partial charge is 0.0993 e. The fourth-order valence-corrected chi connectivity index (χ4v) is 3.00. The third kappa shape index (κ3) is 2.99. The first-order valence-electron chi connectivity index (χ1n) is 5.15. The van der Waals surface area contributed by atoms with Gasteiger partial charge in [-0.1, -0.05) is 0 Å². The molecule has 0 spiro atoms. The summed E-state index contributed by atoms with van der Waals surface area (Å²) in [5, 5.41) is 4.21. The standard InChI is InChI=1S/C10H17N2S/c1-3-9(13-8-1)4-5-10-11-6-2-7-12-10/h4,6,9-10,12H,1-3,5,7-8H2. The Labute approximate surface area is 84.6 Å². The van der Waals surface area contributed by atoms with Gasteiger partial charge in [0.05, 0.1) is 6.17 Å². The van der Waals surface area contributed by atoms with E-state index in [9.17, 15) is 0 Å². The zero-order chi connectivity index (χ0) is 8.93. The molecule has 2 heterocycles. The first kappa shape index (κ1) is 9.53. The Morgan fingerprint density at radius 2 is 2.62 bits per heavy atom. The van der Waals surface area contributed by atoms with Crippen LogP contribution in [0, 0.1) is 6.42 Å². The molecule has 2 rings (SSSR count). The van der Waals surface area contributed by atoms with Crippen molar-refractivity contribution in [1.82, 2.24) is 5.32 Å². The van der Waals surface area contributed by atoms with Crippen molar-refractivity contribution in [2.45, 2.75) is 37.1 Å². The lowest BCUT2D eigenvalue weighted by Crippen LogP contribution is -2.32. The van der Waals surface area contributed by atoms with Crippen molar-refractivity contribution < 1.29 is 0 Å². The average Bonchev–Trinajstić information content (AvgIpc) is 2.69. The maximum atomic E-state index is 4.41. The molecule has 1 fully saturated rings. The summed E-state index contributed by atoms with van der Waals surface area (Å²) in [5.41, 5.74) is 0. The van der Waals surface area contributed by atoms with Crippen LogP contribution in [-0.4, -0.2) is 29.9 Å². The Balaban J connectivity index is 1.66. The van der Waals surface area contributed by atoms with Crippen LogP contribution in [0.1, 0.15) is 25.7 Å². The van der Waals surface area contributed by atoms with Crippen molar-refractivity contribution in [1.29, 1.82) is 0 Å². The highest BCUT2D eigenvalue weighted by Gasteiger charge is 2.17. The van der Waals surface area contributed by atoms with Crippen LogP contribution in [0.5, 0.6) is 0 Å². The highest BCUT2D eigenvalue weighted by molar-refractivity contribution is 8.00. The molecule has 0 aromatic carbocycles. The number of nitrogens with zero attached hydrogens (tertiary/aromatic N) is 1. The van der Waals surface area contributed by atoms with Gasteiger partial charge >= 0.3 is 0 Å². The molecule has 73 valence electrons. The normalized spacial score (nSPS) is 33.8. The van der Waals surface area contributed by atoms with Crippen LogP contribution in [0.25, 0.3) is 0 Å². The van der Waals surface area contributed by atoms with Crippen LogP contribution in [-0.2, 0) is 0 Å². The first-order chi connectivity index (χ1) is 6.45. The molecule has 0 amide bonds. The monoisotopic (exact) mass is 197 g/mol. The molecular formula is C10H17N2S. The quantitative estimate of drug-likeness (QED) is 0.747. The molecule has 2 unspecified atom stereocenters. The lowest BCUT2D eigenvalue weighted by Gasteiger charge is -2.18. The maximum absolute atomic E-state index is 4.41. The van der Waals surface area contributed by atoms with E-state index in [1.807, 2.05) is 0 Å². The summed E-state index contributed by atoms with van der Waals surface area (Å²) in [6, 6.07) is 0. The first-order valence-corrected chi connectivity index (χ1v) is 6.20. The third-order valence-corrected chi connectivity index (χ3v) is 3.91. The topological polar surface area (TPSA) is 24.4 Å². The molecule has 2 nitrogen and oxygen atoms in total. The molecule has 13 heavy (non-hydrogen) atoms. The van der Waals surface area contributed by atoms with Gasteiger partial charge in [0, 0.05) is 18.0 Å². The molecule has 2 aliphatic heterocycles. The minimum absolute atomic E-state index is 0.370. The lowest BCUT2D eigenvalue weighted by molar-refractivity contribution is 0.511. The average molecular weight is 197 g/mol. The summed E-state index contributed by atoms with van der Waals surface area (Å²) >= 11 is 2.10. The van der Waals surface area contributed by atoms with Gasteiger partial charge in [-0.05, 0) is 37.9 Å². The Morgan fingerprint density at radius 3 is 3.31 bits per heavy atom. The van der Waals surface area contributed by atoms with Crippen molar-refractivity contribution in [2.24, 2.45) is 4.99 Å². The molecule has 0 saturated carbocycles. The van der Waals surface area contributed by atoms with E-state index in [1.165, 1.54) is 18.6 Å². The van der Waals surface area contributed by atoms with Gasteiger partial charge in [0.2, 0.25) is 0 Å². The predicted molar refractivity (Wildman–Crippen MR) is 59.3 cm³/mol. The number of hydrogen-bond acceptors (Lipinski definition) is 3. The Morgan fingerprint density at radius 1 is 1.62 bits per heavy atom. The van der Waals surface area contributed by atoms with Crippen molar-refractivity contribution in [3.05, 3.63) is 6.42 Å². The van der Waals surface area contributed by atoms with Crippen molar-refractivity contribution in [3.63, 3.8) is 0 Å². The third-order valence-electron chi connectivity index (χ3n) is 2.53. The Hall–Kier alpha value is -0.0200. The van der Waals surface area contributed by atoms with E-state index in [2.05, 4.69) is 34.7 Å². The lowest BCUT2D eigenvalue weighted by atomic mass is 10.1. The number of aliphatic imine (C=N–C) groups is 1. The minimum atomic E-state index is 0.370. The number of thioether (sulfide) groups is 1. The molecule has 2 atom stereocenters. The highest BCUT2D eigenvalue weighted by atomic mass is 32.2. The predicted octanol–water partition coefficient (Wildman–Crippen LogP) is 1.87. The van der Waals surface area contributed by atoms with Gasteiger partial charge < -0.3 is 0 Å². The van der Waals surface area contributed by atoms with Gasteiger partial charge in [-0.25, -0.2) is 0 Å². The van der Waals surface area contributed by atoms with E-state index >= 15 is 0 Å². The largest absolute Gasteiger partial charge is 0.295 e. The van der Waals surface area contributed by atoms with Crippen LogP contribution in [0.4, 0.5) is 0 Å². The maximum Gasteiger partial charge on any atom is 0.0993 e. The molecule has 1 saturated heterocycles. The van der Waals surface area contributed by atoms with Crippen LogP contribution < -0.4 is 5.32 Å². The second-order valence-electron chi connectivity index (χ2n) is 3.61. The highest BCUT2D eigenvalue weighted by Crippen LogP contribution is 2.29. The summed E-state index contributed by atoms with van der Waals surface area (Å²) in [6.45, 7) is 1.10. The summed E-state index contributed by atoms with van der Waals surface area (Å²) in [5.74, 6) is 1.35. The Kier molecular flexibility index (Phi) is 3.67. The van der Waals surface area contributed by atoms with Crippen molar-refractivity contribution in [3.8, 4) is 0 Å². The van der Waals surface area contributed by atoms with Crippen LogP contribution in [0.3, 0.4) is 0 Å². The molecule has 1 radical (unpaired) electrons. The van der Waals surface area contributed by atoms with Crippen LogP contribution >= 0.6 is 11.8 Å². The minimum Gasteiger partial charge on any atom is -0.295 e. The molecule has 2 aliphatic rings. The summed E-state index contributed by atoms with van der Waals surface area (Å²) < 4.78 is 0. The van der Waals surface area contributed by atoms with Gasteiger partial charge in [0.15, 0.2) is 0 Å². The Bertz CT molecular complexity index is 176. The van der Waals surface area contributed by atoms with Crippen LogP contribution in [0.15, 0.2) is 4.99 Å². The molecule has 0 aliphatic carbocycles. The molecule has 1 N–H and O–H groups in total. The fraction of sp³-hybridized carbons (Fsp3) is 0.800. The molecule has 0 aromatic rings. The number of hydrogen-bond donors (Lipinski definition) is 1. The van der Waals surface area contributed by atoms with Crippen molar-refractivity contribution >= 4 is 18.0 Å². The van der Waals surface area contributed by atoms with Gasteiger partial charge in [0.1, 0.15) is 0 Å². The van der Waals surface area contributed by atoms with E-state index in [0.717, 1.165) is 24.6 Å².